The Balaban J connectivity index is 1.90. The van der Waals surface area contributed by atoms with Gasteiger partial charge >= 0.3 is 0 Å². The summed E-state index contributed by atoms with van der Waals surface area (Å²) in [5, 5.41) is 3.20. The predicted octanol–water partition coefficient (Wildman–Crippen LogP) is 2.50. The van der Waals surface area contributed by atoms with Crippen LogP contribution in [-0.4, -0.2) is 38.6 Å². The van der Waals surface area contributed by atoms with Gasteiger partial charge in [0.25, 0.3) is 0 Å². The minimum atomic E-state index is 1.05. The molecule has 90 valence electrons. The van der Waals surface area contributed by atoms with Crippen LogP contribution in [0, 0.1) is 5.92 Å². The Kier molecular flexibility index (Phi) is 7.03. The average molecular weight is 212 g/mol. The summed E-state index contributed by atoms with van der Waals surface area (Å²) in [4.78, 5) is 2.51. The molecule has 0 atom stereocenters. The number of nitrogens with zero attached hydrogens (tertiary/aromatic N) is 1. The fourth-order valence-corrected chi connectivity index (χ4v) is 2.50. The Labute approximate surface area is 95.4 Å². The van der Waals surface area contributed by atoms with Crippen LogP contribution in [0.2, 0.25) is 0 Å². The lowest BCUT2D eigenvalue weighted by atomic mass is 10.0. The molecule has 0 aromatic rings. The molecule has 0 radical (unpaired) electrons. The van der Waals surface area contributed by atoms with Gasteiger partial charge in [0.05, 0.1) is 0 Å². The molecule has 1 saturated carbocycles. The van der Waals surface area contributed by atoms with Gasteiger partial charge in [0.2, 0.25) is 0 Å². The van der Waals surface area contributed by atoms with E-state index < -0.39 is 0 Å². The number of unbranched alkanes of at least 4 members (excludes halogenated alkanes) is 1. The van der Waals surface area contributed by atoms with E-state index in [1.54, 1.807) is 0 Å². The molecule has 0 aromatic carbocycles. The molecule has 0 bridgehead atoms. The first kappa shape index (κ1) is 13.0. The summed E-state index contributed by atoms with van der Waals surface area (Å²) in [6.45, 7) is 3.75. The molecule has 1 N–H and O–H groups in total. The van der Waals surface area contributed by atoms with Crippen molar-refractivity contribution in [1.82, 2.24) is 10.2 Å². The van der Waals surface area contributed by atoms with Crippen LogP contribution in [0.4, 0.5) is 0 Å². The largest absolute Gasteiger partial charge is 0.320 e. The Morgan fingerprint density at radius 1 is 1.13 bits per heavy atom. The summed E-state index contributed by atoms with van der Waals surface area (Å²) in [5.74, 6) is 1.05. The number of hydrogen-bond donors (Lipinski definition) is 1. The van der Waals surface area contributed by atoms with E-state index >= 15 is 0 Å². The van der Waals surface area contributed by atoms with Gasteiger partial charge in [-0.25, -0.2) is 0 Å². The molecular formula is C13H28N2. The van der Waals surface area contributed by atoms with Gasteiger partial charge in [0.15, 0.2) is 0 Å². The lowest BCUT2D eigenvalue weighted by Gasteiger charge is -2.18. The van der Waals surface area contributed by atoms with Crippen molar-refractivity contribution < 1.29 is 0 Å². The maximum Gasteiger partial charge on any atom is -0.00191 e. The lowest BCUT2D eigenvalue weighted by Crippen LogP contribution is -2.23. The second kappa shape index (κ2) is 8.12. The van der Waals surface area contributed by atoms with Crippen LogP contribution in [0.3, 0.4) is 0 Å². The van der Waals surface area contributed by atoms with Gasteiger partial charge < -0.3 is 10.2 Å². The molecule has 1 aliphatic rings. The molecule has 1 aliphatic carbocycles. The zero-order valence-corrected chi connectivity index (χ0v) is 10.6. The van der Waals surface area contributed by atoms with Crippen LogP contribution >= 0.6 is 0 Å². The molecule has 2 heteroatoms. The van der Waals surface area contributed by atoms with E-state index in [0.717, 1.165) is 12.5 Å². The summed E-state index contributed by atoms with van der Waals surface area (Å²) in [6.07, 6.45) is 10.0. The third-order valence-electron chi connectivity index (χ3n) is 3.61. The van der Waals surface area contributed by atoms with Crippen LogP contribution in [0.25, 0.3) is 0 Å². The van der Waals surface area contributed by atoms with Gasteiger partial charge in [-0.3, -0.25) is 0 Å². The highest BCUT2D eigenvalue weighted by Gasteiger charge is 2.14. The summed E-state index contributed by atoms with van der Waals surface area (Å²) in [5.41, 5.74) is 0. The van der Waals surface area contributed by atoms with E-state index in [4.69, 9.17) is 0 Å². The van der Waals surface area contributed by atoms with Gasteiger partial charge in [-0.2, -0.15) is 0 Å². The zero-order valence-electron chi connectivity index (χ0n) is 10.6. The van der Waals surface area contributed by atoms with Gasteiger partial charge in [-0.15, -0.1) is 0 Å². The number of hydrogen-bond acceptors (Lipinski definition) is 2. The third-order valence-corrected chi connectivity index (χ3v) is 3.61. The first-order chi connectivity index (χ1) is 7.33. The summed E-state index contributed by atoms with van der Waals surface area (Å²) >= 11 is 0. The second-order valence-electron chi connectivity index (χ2n) is 5.05. The first-order valence-corrected chi connectivity index (χ1v) is 6.66. The highest BCUT2D eigenvalue weighted by Crippen LogP contribution is 2.27. The van der Waals surface area contributed by atoms with Crippen LogP contribution in [0.15, 0.2) is 0 Å². The SMILES string of the molecule is CNCCCCN(C)CCC1CCCC1. The van der Waals surface area contributed by atoms with Crippen molar-refractivity contribution in [1.29, 1.82) is 0 Å². The van der Waals surface area contributed by atoms with Crippen molar-refractivity contribution in [3.8, 4) is 0 Å². The summed E-state index contributed by atoms with van der Waals surface area (Å²) < 4.78 is 0. The molecule has 2 nitrogen and oxygen atoms in total. The molecule has 1 fully saturated rings. The molecule has 0 saturated heterocycles. The summed E-state index contributed by atoms with van der Waals surface area (Å²) in [7, 11) is 4.30. The number of rotatable bonds is 8. The molecule has 15 heavy (non-hydrogen) atoms. The molecule has 1 rings (SSSR count). The third kappa shape index (κ3) is 6.16. The molecule has 0 unspecified atom stereocenters. The van der Waals surface area contributed by atoms with Crippen LogP contribution in [-0.2, 0) is 0 Å². The van der Waals surface area contributed by atoms with Crippen molar-refractivity contribution in [2.24, 2.45) is 5.92 Å². The van der Waals surface area contributed by atoms with E-state index in [-0.39, 0.29) is 0 Å². The van der Waals surface area contributed by atoms with Crippen molar-refractivity contribution in [2.45, 2.75) is 44.9 Å². The van der Waals surface area contributed by atoms with Crippen LogP contribution < -0.4 is 5.32 Å². The van der Waals surface area contributed by atoms with Gasteiger partial charge in [-0.1, -0.05) is 25.7 Å². The Bertz CT molecular complexity index is 141. The number of nitrogens with one attached hydrogen (secondary N) is 1. The molecule has 0 aliphatic heterocycles. The predicted molar refractivity (Wildman–Crippen MR) is 67.2 cm³/mol. The maximum atomic E-state index is 3.20. The molecule has 0 spiro atoms. The van der Waals surface area contributed by atoms with Crippen molar-refractivity contribution >= 4 is 0 Å². The summed E-state index contributed by atoms with van der Waals surface area (Å²) in [6, 6.07) is 0. The second-order valence-corrected chi connectivity index (χ2v) is 5.05. The Hall–Kier alpha value is -0.0800. The zero-order chi connectivity index (χ0) is 10.9. The molecule has 0 aromatic heterocycles. The topological polar surface area (TPSA) is 15.3 Å². The van der Waals surface area contributed by atoms with Crippen molar-refractivity contribution in [2.75, 3.05) is 33.7 Å². The molecule has 0 heterocycles. The molecular weight excluding hydrogens is 184 g/mol. The van der Waals surface area contributed by atoms with Gasteiger partial charge in [0, 0.05) is 0 Å². The minimum absolute atomic E-state index is 1.05. The maximum absolute atomic E-state index is 3.20. The van der Waals surface area contributed by atoms with Gasteiger partial charge in [0.1, 0.15) is 0 Å². The molecule has 0 amide bonds. The Morgan fingerprint density at radius 2 is 1.87 bits per heavy atom. The van der Waals surface area contributed by atoms with E-state index in [1.165, 1.54) is 58.0 Å². The van der Waals surface area contributed by atoms with E-state index in [0.29, 0.717) is 0 Å². The lowest BCUT2D eigenvalue weighted by molar-refractivity contribution is 0.295. The highest BCUT2D eigenvalue weighted by atomic mass is 15.1. The average Bonchev–Trinajstić information content (AvgIpc) is 2.74. The quantitative estimate of drug-likeness (QED) is 0.622. The minimum Gasteiger partial charge on any atom is -0.320 e. The van der Waals surface area contributed by atoms with E-state index in [9.17, 15) is 0 Å². The normalized spacial score (nSPS) is 17.8. The van der Waals surface area contributed by atoms with Crippen molar-refractivity contribution in [3.05, 3.63) is 0 Å². The van der Waals surface area contributed by atoms with Crippen LogP contribution in [0.5, 0.6) is 0 Å². The highest BCUT2D eigenvalue weighted by molar-refractivity contribution is 4.68. The Morgan fingerprint density at radius 3 is 2.53 bits per heavy atom. The van der Waals surface area contributed by atoms with Crippen molar-refractivity contribution in [3.63, 3.8) is 0 Å². The fourth-order valence-electron chi connectivity index (χ4n) is 2.50. The fraction of sp³-hybridized carbons (Fsp3) is 1.00. The van der Waals surface area contributed by atoms with E-state index in [1.807, 2.05) is 7.05 Å². The van der Waals surface area contributed by atoms with E-state index in [2.05, 4.69) is 17.3 Å². The smallest absolute Gasteiger partial charge is 0.00191 e. The van der Waals surface area contributed by atoms with Gasteiger partial charge in [-0.05, 0) is 58.9 Å². The first-order valence-electron chi connectivity index (χ1n) is 6.66. The standard InChI is InChI=1S/C13H28N2/c1-14-10-5-6-11-15(2)12-9-13-7-3-4-8-13/h13-14H,3-12H2,1-2H3. The monoisotopic (exact) mass is 212 g/mol. The van der Waals surface area contributed by atoms with Crippen LogP contribution in [0.1, 0.15) is 44.9 Å².